The van der Waals surface area contributed by atoms with Crippen LogP contribution in [0.15, 0.2) is 36.4 Å². The number of rotatable bonds is 10. The molecule has 0 radical (unpaired) electrons. The van der Waals surface area contributed by atoms with Gasteiger partial charge in [0.15, 0.2) is 6.61 Å². The molecule has 2 rings (SSSR count). The van der Waals surface area contributed by atoms with Gasteiger partial charge in [0.25, 0.3) is 5.91 Å². The van der Waals surface area contributed by atoms with Crippen LogP contribution < -0.4 is 24.8 Å². The van der Waals surface area contributed by atoms with Crippen LogP contribution in [-0.2, 0) is 19.1 Å². The largest absolute Gasteiger partial charge is 0.497 e. The van der Waals surface area contributed by atoms with Crippen LogP contribution in [0.1, 0.15) is 12.8 Å². The number of benzene rings is 2. The first-order valence-corrected chi connectivity index (χ1v) is 9.55. The zero-order valence-electron chi connectivity index (χ0n) is 17.3. The number of amides is 2. The summed E-state index contributed by atoms with van der Waals surface area (Å²) in [7, 11) is 4.41. The van der Waals surface area contributed by atoms with Gasteiger partial charge in [-0.1, -0.05) is 11.6 Å². The van der Waals surface area contributed by atoms with E-state index >= 15 is 0 Å². The molecule has 166 valence electrons. The van der Waals surface area contributed by atoms with E-state index in [1.807, 2.05) is 0 Å². The number of ether oxygens (including phenoxy) is 4. The third-order valence-corrected chi connectivity index (χ3v) is 4.27. The van der Waals surface area contributed by atoms with Gasteiger partial charge in [0.05, 0.1) is 39.1 Å². The highest BCUT2D eigenvalue weighted by molar-refractivity contribution is 6.31. The van der Waals surface area contributed by atoms with Crippen molar-refractivity contribution in [1.29, 1.82) is 0 Å². The van der Waals surface area contributed by atoms with E-state index < -0.39 is 24.4 Å². The maximum atomic E-state index is 12.1. The monoisotopic (exact) mass is 450 g/mol. The fraction of sp³-hybridized carbons (Fsp3) is 0.286. The fourth-order valence-electron chi connectivity index (χ4n) is 2.52. The number of anilines is 2. The van der Waals surface area contributed by atoms with Gasteiger partial charge >= 0.3 is 5.97 Å². The number of methoxy groups -OCH3 is 3. The number of nitrogens with one attached hydrogen (secondary N) is 2. The molecule has 0 bridgehead atoms. The Balaban J connectivity index is 1.80. The van der Waals surface area contributed by atoms with Crippen molar-refractivity contribution in [2.45, 2.75) is 12.8 Å². The van der Waals surface area contributed by atoms with Gasteiger partial charge in [0.1, 0.15) is 17.2 Å². The lowest BCUT2D eigenvalue weighted by Gasteiger charge is -2.12. The molecule has 31 heavy (non-hydrogen) atoms. The van der Waals surface area contributed by atoms with E-state index in [0.717, 1.165) is 0 Å². The molecule has 2 aromatic rings. The summed E-state index contributed by atoms with van der Waals surface area (Å²) in [5.74, 6) is -0.300. The summed E-state index contributed by atoms with van der Waals surface area (Å²) in [6.07, 6.45) is -0.343. The third-order valence-electron chi connectivity index (χ3n) is 4.04. The highest BCUT2D eigenvalue weighted by Crippen LogP contribution is 2.29. The molecule has 0 aliphatic heterocycles. The van der Waals surface area contributed by atoms with E-state index in [9.17, 15) is 14.4 Å². The fourth-order valence-corrected chi connectivity index (χ4v) is 2.69. The highest BCUT2D eigenvalue weighted by Gasteiger charge is 2.14. The van der Waals surface area contributed by atoms with Crippen molar-refractivity contribution in [1.82, 2.24) is 0 Å². The summed E-state index contributed by atoms with van der Waals surface area (Å²) < 4.78 is 20.3. The van der Waals surface area contributed by atoms with Crippen molar-refractivity contribution < 1.29 is 33.3 Å². The predicted molar refractivity (Wildman–Crippen MR) is 115 cm³/mol. The summed E-state index contributed by atoms with van der Waals surface area (Å²) in [5.41, 5.74) is 0.762. The topological polar surface area (TPSA) is 112 Å². The molecule has 0 saturated heterocycles. The molecule has 0 aliphatic rings. The zero-order valence-corrected chi connectivity index (χ0v) is 18.1. The van der Waals surface area contributed by atoms with E-state index in [0.29, 0.717) is 33.6 Å². The van der Waals surface area contributed by atoms with Crippen LogP contribution >= 0.6 is 11.6 Å². The van der Waals surface area contributed by atoms with E-state index in [1.165, 1.54) is 27.4 Å². The summed E-state index contributed by atoms with van der Waals surface area (Å²) in [5, 5.41) is 5.62. The Kier molecular flexibility index (Phi) is 8.95. The van der Waals surface area contributed by atoms with E-state index in [2.05, 4.69) is 10.6 Å². The average Bonchev–Trinajstić information content (AvgIpc) is 2.76. The summed E-state index contributed by atoms with van der Waals surface area (Å²) in [4.78, 5) is 36.0. The maximum absolute atomic E-state index is 12.1. The van der Waals surface area contributed by atoms with E-state index in [-0.39, 0.29) is 12.8 Å². The number of halogens is 1. The van der Waals surface area contributed by atoms with Crippen molar-refractivity contribution in [3.63, 3.8) is 0 Å². The van der Waals surface area contributed by atoms with Gasteiger partial charge < -0.3 is 29.6 Å². The molecule has 0 fully saturated rings. The lowest BCUT2D eigenvalue weighted by molar-refractivity contribution is -0.147. The second-order valence-electron chi connectivity index (χ2n) is 6.17. The molecule has 2 N–H and O–H groups in total. The Bertz CT molecular complexity index is 949. The first-order valence-electron chi connectivity index (χ1n) is 9.17. The predicted octanol–water partition coefficient (Wildman–Crippen LogP) is 3.27. The van der Waals surface area contributed by atoms with Crippen LogP contribution in [0.3, 0.4) is 0 Å². The summed E-state index contributed by atoms with van der Waals surface area (Å²) in [6, 6.07) is 9.66. The van der Waals surface area contributed by atoms with Gasteiger partial charge in [-0.3, -0.25) is 14.4 Å². The molecule has 10 heteroatoms. The Hall–Kier alpha value is -3.46. The van der Waals surface area contributed by atoms with Gasteiger partial charge in [-0.05, 0) is 30.3 Å². The standard InChI is InChI=1S/C21H23ClN2O7/c1-28-14-5-7-18(30-3)16(11-14)24-20(26)12-31-21(27)9-8-19(25)23-15-10-13(22)4-6-17(15)29-2/h4-7,10-11H,8-9,12H2,1-3H3,(H,23,25)(H,24,26). The minimum atomic E-state index is -0.694. The molecule has 0 spiro atoms. The highest BCUT2D eigenvalue weighted by atomic mass is 35.5. The first kappa shape index (κ1) is 23.8. The van der Waals surface area contributed by atoms with Crippen LogP contribution in [0.5, 0.6) is 17.2 Å². The van der Waals surface area contributed by atoms with Gasteiger partial charge in [-0.15, -0.1) is 0 Å². The SMILES string of the molecule is COc1ccc(OC)c(NC(=O)COC(=O)CCC(=O)Nc2cc(Cl)ccc2OC)c1. The minimum Gasteiger partial charge on any atom is -0.497 e. The normalized spacial score (nSPS) is 10.1. The Morgan fingerprint density at radius 1 is 0.806 bits per heavy atom. The molecule has 2 aromatic carbocycles. The molecule has 0 aromatic heterocycles. The van der Waals surface area contributed by atoms with Crippen molar-refractivity contribution >= 4 is 40.8 Å². The third kappa shape index (κ3) is 7.38. The van der Waals surface area contributed by atoms with E-state index in [1.54, 1.807) is 30.3 Å². The van der Waals surface area contributed by atoms with Gasteiger partial charge in [0, 0.05) is 17.5 Å². The Labute approximate surface area is 184 Å². The molecular weight excluding hydrogens is 428 g/mol. The van der Waals surface area contributed by atoms with Gasteiger partial charge in [-0.2, -0.15) is 0 Å². The van der Waals surface area contributed by atoms with Crippen LogP contribution in [0, 0.1) is 0 Å². The van der Waals surface area contributed by atoms with Gasteiger partial charge in [0.2, 0.25) is 5.91 Å². The summed E-state index contributed by atoms with van der Waals surface area (Å²) >= 11 is 5.92. The number of carbonyl (C=O) groups excluding carboxylic acids is 3. The molecular formula is C21H23ClN2O7. The molecule has 0 unspecified atom stereocenters. The number of hydrogen-bond donors (Lipinski definition) is 2. The minimum absolute atomic E-state index is 0.139. The Morgan fingerprint density at radius 3 is 2.06 bits per heavy atom. The van der Waals surface area contributed by atoms with Crippen LogP contribution in [-0.4, -0.2) is 45.7 Å². The maximum Gasteiger partial charge on any atom is 0.306 e. The van der Waals surface area contributed by atoms with Crippen LogP contribution in [0.2, 0.25) is 5.02 Å². The molecule has 0 saturated carbocycles. The number of carbonyl (C=O) groups is 3. The van der Waals surface area contributed by atoms with E-state index in [4.69, 9.17) is 30.5 Å². The quantitative estimate of drug-likeness (QED) is 0.534. The second-order valence-corrected chi connectivity index (χ2v) is 6.60. The molecule has 0 atom stereocenters. The van der Waals surface area contributed by atoms with Crippen LogP contribution in [0.25, 0.3) is 0 Å². The smallest absolute Gasteiger partial charge is 0.306 e. The van der Waals surface area contributed by atoms with Gasteiger partial charge in [-0.25, -0.2) is 0 Å². The average molecular weight is 451 g/mol. The number of esters is 1. The van der Waals surface area contributed by atoms with Crippen molar-refractivity contribution in [3.8, 4) is 17.2 Å². The molecule has 9 nitrogen and oxygen atoms in total. The Morgan fingerprint density at radius 2 is 1.42 bits per heavy atom. The zero-order chi connectivity index (χ0) is 22.8. The molecule has 0 aliphatic carbocycles. The van der Waals surface area contributed by atoms with Crippen molar-refractivity contribution in [2.75, 3.05) is 38.6 Å². The lowest BCUT2D eigenvalue weighted by Crippen LogP contribution is -2.22. The molecule has 2 amide bonds. The second kappa shape index (κ2) is 11.7. The lowest BCUT2D eigenvalue weighted by atomic mass is 10.2. The summed E-state index contributed by atoms with van der Waals surface area (Å²) in [6.45, 7) is -0.511. The van der Waals surface area contributed by atoms with Crippen molar-refractivity contribution in [2.24, 2.45) is 0 Å². The first-order chi connectivity index (χ1) is 14.9. The van der Waals surface area contributed by atoms with Crippen LogP contribution in [0.4, 0.5) is 11.4 Å². The molecule has 0 heterocycles. The number of hydrogen-bond acceptors (Lipinski definition) is 7. The van der Waals surface area contributed by atoms with Crippen molar-refractivity contribution in [3.05, 3.63) is 41.4 Å².